The number of amides is 1. The summed E-state index contributed by atoms with van der Waals surface area (Å²) in [5.41, 5.74) is 0.444. The van der Waals surface area contributed by atoms with Gasteiger partial charge in [0.05, 0.1) is 10.3 Å². The molecular formula is C17H17N5O4S. The zero-order chi connectivity index (χ0) is 19.6. The Morgan fingerprint density at radius 3 is 2.44 bits per heavy atom. The zero-order valence-corrected chi connectivity index (χ0v) is 15.5. The Morgan fingerprint density at radius 1 is 1.11 bits per heavy atom. The second-order valence-corrected chi connectivity index (χ2v) is 8.08. The molecule has 10 heteroatoms. The number of anilines is 1. The Hall–Kier alpha value is -3.11. The molecule has 9 nitrogen and oxygen atoms in total. The van der Waals surface area contributed by atoms with Gasteiger partial charge in [0.25, 0.3) is 5.56 Å². The minimum absolute atomic E-state index is 0.113. The SMILES string of the molecule is CN(C)S(=O)(=O)c1ccc(NC(=O)Cn2nnc3ccccc3c2=O)cc1. The lowest BCUT2D eigenvalue weighted by atomic mass is 10.2. The summed E-state index contributed by atoms with van der Waals surface area (Å²) in [6, 6.07) is 12.5. The predicted molar refractivity (Wildman–Crippen MR) is 99.7 cm³/mol. The molecule has 0 fully saturated rings. The van der Waals surface area contributed by atoms with Crippen LogP contribution in [0.25, 0.3) is 10.9 Å². The summed E-state index contributed by atoms with van der Waals surface area (Å²) in [6.07, 6.45) is 0. The fourth-order valence-corrected chi connectivity index (χ4v) is 3.29. The van der Waals surface area contributed by atoms with E-state index in [-0.39, 0.29) is 11.4 Å². The van der Waals surface area contributed by atoms with Crippen molar-refractivity contribution in [3.63, 3.8) is 0 Å². The Kier molecular flexibility index (Phi) is 5.02. The highest BCUT2D eigenvalue weighted by atomic mass is 32.2. The molecule has 0 atom stereocenters. The summed E-state index contributed by atoms with van der Waals surface area (Å²) < 4.78 is 26.2. The first-order valence-electron chi connectivity index (χ1n) is 7.94. The van der Waals surface area contributed by atoms with Crippen LogP contribution in [-0.2, 0) is 21.4 Å². The normalized spacial score (nSPS) is 11.7. The number of carbonyl (C=O) groups is 1. The molecule has 0 saturated carbocycles. The zero-order valence-electron chi connectivity index (χ0n) is 14.7. The van der Waals surface area contributed by atoms with Crippen LogP contribution in [0.15, 0.2) is 58.2 Å². The topological polar surface area (TPSA) is 114 Å². The fourth-order valence-electron chi connectivity index (χ4n) is 2.38. The van der Waals surface area contributed by atoms with Gasteiger partial charge in [0, 0.05) is 19.8 Å². The second kappa shape index (κ2) is 7.25. The molecule has 3 aromatic rings. The Bertz CT molecular complexity index is 1150. The van der Waals surface area contributed by atoms with E-state index >= 15 is 0 Å². The average Bonchev–Trinajstić information content (AvgIpc) is 2.64. The molecule has 0 spiro atoms. The predicted octanol–water partition coefficient (Wildman–Crippen LogP) is 0.680. The highest BCUT2D eigenvalue weighted by Crippen LogP contribution is 2.16. The highest BCUT2D eigenvalue weighted by Gasteiger charge is 2.17. The van der Waals surface area contributed by atoms with Crippen molar-refractivity contribution in [2.75, 3.05) is 19.4 Å². The first-order valence-corrected chi connectivity index (χ1v) is 9.38. The maximum absolute atomic E-state index is 12.3. The molecule has 0 bridgehead atoms. The van der Waals surface area contributed by atoms with Crippen LogP contribution in [0.5, 0.6) is 0 Å². The number of fused-ring (bicyclic) bond motifs is 1. The third-order valence-electron chi connectivity index (χ3n) is 3.84. The third-order valence-corrected chi connectivity index (χ3v) is 5.67. The quantitative estimate of drug-likeness (QED) is 0.689. The molecule has 0 aliphatic heterocycles. The summed E-state index contributed by atoms with van der Waals surface area (Å²) in [7, 11) is -0.664. The molecule has 0 saturated heterocycles. The van der Waals surface area contributed by atoms with E-state index in [0.29, 0.717) is 16.6 Å². The molecular weight excluding hydrogens is 370 g/mol. The molecule has 1 aromatic heterocycles. The average molecular weight is 387 g/mol. The van der Waals surface area contributed by atoms with Gasteiger partial charge in [0.1, 0.15) is 12.1 Å². The van der Waals surface area contributed by atoms with Gasteiger partial charge in [0.15, 0.2) is 0 Å². The minimum atomic E-state index is -3.54. The Balaban J connectivity index is 1.75. The third kappa shape index (κ3) is 3.86. The summed E-state index contributed by atoms with van der Waals surface area (Å²) in [4.78, 5) is 24.7. The van der Waals surface area contributed by atoms with E-state index in [1.54, 1.807) is 24.3 Å². The van der Waals surface area contributed by atoms with Crippen LogP contribution in [-0.4, -0.2) is 47.7 Å². The lowest BCUT2D eigenvalue weighted by Gasteiger charge is -2.12. The number of nitrogens with zero attached hydrogens (tertiary/aromatic N) is 4. The van der Waals surface area contributed by atoms with Crippen LogP contribution in [0.2, 0.25) is 0 Å². The standard InChI is InChI=1S/C17H17N5O4S/c1-21(2)27(25,26)13-9-7-12(8-10-13)18-16(23)11-22-17(24)14-5-3-4-6-15(14)19-20-22/h3-10H,11H2,1-2H3,(H,18,23). The lowest BCUT2D eigenvalue weighted by Crippen LogP contribution is -2.30. The van der Waals surface area contributed by atoms with Crippen LogP contribution < -0.4 is 10.9 Å². The number of nitrogens with one attached hydrogen (secondary N) is 1. The molecule has 1 amide bonds. The van der Waals surface area contributed by atoms with E-state index in [0.717, 1.165) is 8.99 Å². The maximum atomic E-state index is 12.3. The van der Waals surface area contributed by atoms with Crippen molar-refractivity contribution < 1.29 is 13.2 Å². The van der Waals surface area contributed by atoms with Crippen LogP contribution >= 0.6 is 0 Å². The smallest absolute Gasteiger partial charge is 0.278 e. The molecule has 0 aliphatic rings. The van der Waals surface area contributed by atoms with Gasteiger partial charge >= 0.3 is 0 Å². The van der Waals surface area contributed by atoms with Gasteiger partial charge in [-0.15, -0.1) is 5.10 Å². The van der Waals surface area contributed by atoms with Crippen molar-refractivity contribution in [1.82, 2.24) is 19.3 Å². The van der Waals surface area contributed by atoms with E-state index in [2.05, 4.69) is 15.6 Å². The van der Waals surface area contributed by atoms with E-state index in [1.807, 2.05) is 0 Å². The van der Waals surface area contributed by atoms with Crippen LogP contribution in [0.1, 0.15) is 0 Å². The molecule has 140 valence electrons. The number of benzene rings is 2. The number of rotatable bonds is 5. The minimum Gasteiger partial charge on any atom is -0.324 e. The van der Waals surface area contributed by atoms with Crippen molar-refractivity contribution in [1.29, 1.82) is 0 Å². The van der Waals surface area contributed by atoms with Gasteiger partial charge in [-0.3, -0.25) is 9.59 Å². The van der Waals surface area contributed by atoms with Crippen molar-refractivity contribution in [3.05, 3.63) is 58.9 Å². The van der Waals surface area contributed by atoms with Gasteiger partial charge in [-0.1, -0.05) is 17.3 Å². The summed E-state index contributed by atoms with van der Waals surface area (Å²) >= 11 is 0. The molecule has 2 aromatic carbocycles. The first kappa shape index (κ1) is 18.7. The number of hydrogen-bond acceptors (Lipinski definition) is 6. The summed E-state index contributed by atoms with van der Waals surface area (Å²) in [6.45, 7) is -0.311. The van der Waals surface area contributed by atoms with E-state index in [4.69, 9.17) is 0 Å². The van der Waals surface area contributed by atoms with Crippen molar-refractivity contribution >= 4 is 32.5 Å². The van der Waals surface area contributed by atoms with Gasteiger partial charge < -0.3 is 5.32 Å². The van der Waals surface area contributed by atoms with Crippen molar-refractivity contribution in [2.24, 2.45) is 0 Å². The largest absolute Gasteiger partial charge is 0.324 e. The molecule has 0 unspecified atom stereocenters. The molecule has 1 heterocycles. The molecule has 0 radical (unpaired) electrons. The second-order valence-electron chi connectivity index (χ2n) is 5.93. The van der Waals surface area contributed by atoms with Gasteiger partial charge in [-0.2, -0.15) is 0 Å². The molecule has 3 rings (SSSR count). The fraction of sp³-hybridized carbons (Fsp3) is 0.176. The van der Waals surface area contributed by atoms with Crippen LogP contribution in [0.3, 0.4) is 0 Å². The Morgan fingerprint density at radius 2 is 1.78 bits per heavy atom. The molecule has 1 N–H and O–H groups in total. The highest BCUT2D eigenvalue weighted by molar-refractivity contribution is 7.89. The van der Waals surface area contributed by atoms with E-state index < -0.39 is 21.5 Å². The van der Waals surface area contributed by atoms with Crippen molar-refractivity contribution in [3.8, 4) is 0 Å². The number of aromatic nitrogens is 3. The molecule has 27 heavy (non-hydrogen) atoms. The van der Waals surface area contributed by atoms with Gasteiger partial charge in [-0.25, -0.2) is 17.4 Å². The van der Waals surface area contributed by atoms with Crippen molar-refractivity contribution in [2.45, 2.75) is 11.4 Å². The molecule has 0 aliphatic carbocycles. The van der Waals surface area contributed by atoms with Gasteiger partial charge in [-0.05, 0) is 36.4 Å². The van der Waals surface area contributed by atoms with Gasteiger partial charge in [0.2, 0.25) is 15.9 Å². The summed E-state index contributed by atoms with van der Waals surface area (Å²) in [5, 5.41) is 10.7. The number of sulfonamides is 1. The number of carbonyl (C=O) groups excluding carboxylic acids is 1. The first-order chi connectivity index (χ1) is 12.8. The van der Waals surface area contributed by atoms with E-state index in [1.165, 1.54) is 38.4 Å². The maximum Gasteiger partial charge on any atom is 0.278 e. The van der Waals surface area contributed by atoms with Crippen LogP contribution in [0.4, 0.5) is 5.69 Å². The lowest BCUT2D eigenvalue weighted by molar-refractivity contribution is -0.117. The monoisotopic (exact) mass is 387 g/mol. The Labute approximate surface area is 155 Å². The number of hydrogen-bond donors (Lipinski definition) is 1. The van der Waals surface area contributed by atoms with E-state index in [9.17, 15) is 18.0 Å². The summed E-state index contributed by atoms with van der Waals surface area (Å²) in [5.74, 6) is -0.482. The van der Waals surface area contributed by atoms with Crippen LogP contribution in [0, 0.1) is 0 Å².